The van der Waals surface area contributed by atoms with Gasteiger partial charge in [-0.25, -0.2) is 15.2 Å². The fourth-order valence-electron chi connectivity index (χ4n) is 1.73. The topological polar surface area (TPSA) is 92.9 Å². The molecule has 20 heavy (non-hydrogen) atoms. The minimum Gasteiger partial charge on any atom is -0.345 e. The van der Waals surface area contributed by atoms with Gasteiger partial charge in [-0.05, 0) is 30.7 Å². The molecule has 104 valence electrons. The van der Waals surface area contributed by atoms with Crippen molar-refractivity contribution >= 4 is 11.7 Å². The second-order valence-corrected chi connectivity index (χ2v) is 4.14. The first-order valence-corrected chi connectivity index (χ1v) is 5.95. The number of pyridine rings is 2. The molecule has 0 saturated carbocycles. The Balaban J connectivity index is 2.17. The monoisotopic (exact) mass is 275 g/mol. The first-order chi connectivity index (χ1) is 9.63. The van der Waals surface area contributed by atoms with E-state index in [2.05, 4.69) is 20.7 Å². The van der Waals surface area contributed by atoms with E-state index in [1.807, 2.05) is 0 Å². The van der Waals surface area contributed by atoms with Gasteiger partial charge in [0.15, 0.2) is 11.6 Å². The number of rotatable bonds is 4. The molecule has 0 bridgehead atoms. The summed E-state index contributed by atoms with van der Waals surface area (Å²) in [6.45, 7) is 1.80. The third kappa shape index (κ3) is 2.89. The zero-order valence-electron chi connectivity index (χ0n) is 10.8. The number of nitrogens with zero attached hydrogens (tertiary/aromatic N) is 2. The number of nitrogens with one attached hydrogen (secondary N) is 2. The summed E-state index contributed by atoms with van der Waals surface area (Å²) in [7, 11) is 0. The van der Waals surface area contributed by atoms with E-state index in [-0.39, 0.29) is 17.4 Å². The molecule has 0 spiro atoms. The fraction of sp³-hybridized carbons (Fsp3) is 0.154. The second-order valence-electron chi connectivity index (χ2n) is 4.14. The molecule has 4 N–H and O–H groups in total. The van der Waals surface area contributed by atoms with Crippen LogP contribution in [0.5, 0.6) is 0 Å². The number of hydrogen-bond donors (Lipinski definition) is 3. The van der Waals surface area contributed by atoms with E-state index in [1.165, 1.54) is 12.3 Å². The summed E-state index contributed by atoms with van der Waals surface area (Å²) in [6.07, 6.45) is 4.56. The Morgan fingerprint density at radius 1 is 1.30 bits per heavy atom. The van der Waals surface area contributed by atoms with E-state index in [9.17, 15) is 9.18 Å². The number of carbonyl (C=O) groups is 1. The Morgan fingerprint density at radius 2 is 2.00 bits per heavy atom. The summed E-state index contributed by atoms with van der Waals surface area (Å²) < 4.78 is 13.9. The molecule has 0 aliphatic carbocycles. The van der Waals surface area contributed by atoms with Crippen LogP contribution in [0, 0.1) is 5.82 Å². The second kappa shape index (κ2) is 6.07. The highest BCUT2D eigenvalue weighted by Crippen LogP contribution is 2.16. The van der Waals surface area contributed by atoms with Crippen molar-refractivity contribution in [2.45, 2.75) is 13.0 Å². The number of hydrazine groups is 1. The van der Waals surface area contributed by atoms with Crippen LogP contribution < -0.4 is 16.6 Å². The van der Waals surface area contributed by atoms with Crippen molar-refractivity contribution in [3.63, 3.8) is 0 Å². The van der Waals surface area contributed by atoms with Gasteiger partial charge in [0, 0.05) is 18.6 Å². The predicted molar refractivity (Wildman–Crippen MR) is 72.1 cm³/mol. The predicted octanol–water partition coefficient (Wildman–Crippen LogP) is 1.39. The van der Waals surface area contributed by atoms with Crippen LogP contribution in [0.3, 0.4) is 0 Å². The number of nitrogen functional groups attached to an aromatic ring is 1. The SMILES string of the molecule is CC(NC(=O)c1ccnc(NN)c1F)c1ccncc1. The Hall–Kier alpha value is -2.54. The van der Waals surface area contributed by atoms with Crippen molar-refractivity contribution in [1.82, 2.24) is 15.3 Å². The summed E-state index contributed by atoms with van der Waals surface area (Å²) in [4.78, 5) is 19.6. The van der Waals surface area contributed by atoms with Gasteiger partial charge in [0.2, 0.25) is 0 Å². The van der Waals surface area contributed by atoms with Crippen molar-refractivity contribution in [3.8, 4) is 0 Å². The van der Waals surface area contributed by atoms with E-state index in [0.717, 1.165) is 5.56 Å². The van der Waals surface area contributed by atoms with Crippen LogP contribution >= 0.6 is 0 Å². The molecular formula is C13H14FN5O. The maximum atomic E-state index is 13.9. The van der Waals surface area contributed by atoms with Gasteiger partial charge in [-0.15, -0.1) is 0 Å². The lowest BCUT2D eigenvalue weighted by Gasteiger charge is -2.14. The van der Waals surface area contributed by atoms with Crippen molar-refractivity contribution in [2.24, 2.45) is 5.84 Å². The lowest BCUT2D eigenvalue weighted by molar-refractivity contribution is 0.0935. The van der Waals surface area contributed by atoms with Gasteiger partial charge in [0.05, 0.1) is 11.6 Å². The molecule has 2 heterocycles. The maximum absolute atomic E-state index is 13.9. The van der Waals surface area contributed by atoms with Gasteiger partial charge in [0.1, 0.15) is 0 Å². The summed E-state index contributed by atoms with van der Waals surface area (Å²) >= 11 is 0. The quantitative estimate of drug-likeness (QED) is 0.579. The highest BCUT2D eigenvalue weighted by Gasteiger charge is 2.17. The molecule has 7 heteroatoms. The molecule has 1 atom stereocenters. The van der Waals surface area contributed by atoms with Crippen LogP contribution in [0.15, 0.2) is 36.8 Å². The van der Waals surface area contributed by atoms with Crippen LogP contribution in [0.1, 0.15) is 28.9 Å². The lowest BCUT2D eigenvalue weighted by atomic mass is 10.1. The Morgan fingerprint density at radius 3 is 2.65 bits per heavy atom. The molecule has 6 nitrogen and oxygen atoms in total. The molecule has 1 amide bonds. The molecule has 1 unspecified atom stereocenters. The van der Waals surface area contributed by atoms with Gasteiger partial charge in [-0.3, -0.25) is 9.78 Å². The van der Waals surface area contributed by atoms with Gasteiger partial charge < -0.3 is 10.7 Å². The van der Waals surface area contributed by atoms with Crippen molar-refractivity contribution in [1.29, 1.82) is 0 Å². The van der Waals surface area contributed by atoms with Crippen molar-refractivity contribution in [3.05, 3.63) is 53.7 Å². The van der Waals surface area contributed by atoms with E-state index < -0.39 is 11.7 Å². The third-order valence-corrected chi connectivity index (χ3v) is 2.82. The first kappa shape index (κ1) is 13.9. The first-order valence-electron chi connectivity index (χ1n) is 5.95. The molecule has 0 aliphatic rings. The summed E-state index contributed by atoms with van der Waals surface area (Å²) in [5.41, 5.74) is 2.86. The van der Waals surface area contributed by atoms with E-state index >= 15 is 0 Å². The van der Waals surface area contributed by atoms with Gasteiger partial charge in [0.25, 0.3) is 5.91 Å². The number of nitrogens with two attached hydrogens (primary N) is 1. The van der Waals surface area contributed by atoms with Crippen LogP contribution in [0.25, 0.3) is 0 Å². The number of amides is 1. The largest absolute Gasteiger partial charge is 0.345 e. The zero-order chi connectivity index (χ0) is 14.5. The van der Waals surface area contributed by atoms with E-state index in [1.54, 1.807) is 31.5 Å². The Kier molecular flexibility index (Phi) is 4.21. The zero-order valence-corrected chi connectivity index (χ0v) is 10.8. The molecule has 0 aliphatic heterocycles. The van der Waals surface area contributed by atoms with Gasteiger partial charge in [-0.1, -0.05) is 0 Å². The molecule has 2 aromatic heterocycles. The highest BCUT2D eigenvalue weighted by molar-refractivity contribution is 5.95. The number of anilines is 1. The Labute approximate surface area is 115 Å². The number of hydrogen-bond acceptors (Lipinski definition) is 5. The minimum atomic E-state index is -0.783. The molecular weight excluding hydrogens is 261 g/mol. The van der Waals surface area contributed by atoms with Gasteiger partial charge in [-0.2, -0.15) is 0 Å². The van der Waals surface area contributed by atoms with Gasteiger partial charge >= 0.3 is 0 Å². The van der Waals surface area contributed by atoms with Crippen LogP contribution in [0.2, 0.25) is 0 Å². The molecule has 0 fully saturated rings. The van der Waals surface area contributed by atoms with Crippen molar-refractivity contribution in [2.75, 3.05) is 5.43 Å². The molecule has 2 aromatic rings. The summed E-state index contributed by atoms with van der Waals surface area (Å²) in [5.74, 6) is 3.63. The van der Waals surface area contributed by atoms with Crippen molar-refractivity contribution < 1.29 is 9.18 Å². The van der Waals surface area contributed by atoms with Crippen LogP contribution in [-0.2, 0) is 0 Å². The Bertz CT molecular complexity index is 605. The minimum absolute atomic E-state index is 0.117. The number of aromatic nitrogens is 2. The van der Waals surface area contributed by atoms with Crippen LogP contribution in [0.4, 0.5) is 10.2 Å². The lowest BCUT2D eigenvalue weighted by Crippen LogP contribution is -2.28. The molecule has 0 radical (unpaired) electrons. The summed E-state index contributed by atoms with van der Waals surface area (Å²) in [5, 5.41) is 2.70. The average Bonchev–Trinajstić information content (AvgIpc) is 2.48. The average molecular weight is 275 g/mol. The van der Waals surface area contributed by atoms with Crippen LogP contribution in [-0.4, -0.2) is 15.9 Å². The highest BCUT2D eigenvalue weighted by atomic mass is 19.1. The molecule has 0 aromatic carbocycles. The van der Waals surface area contributed by atoms with E-state index in [4.69, 9.17) is 5.84 Å². The molecule has 0 saturated heterocycles. The number of halogens is 1. The summed E-state index contributed by atoms with van der Waals surface area (Å²) in [6, 6.07) is 4.58. The standard InChI is InChI=1S/C13H14FN5O/c1-8(9-2-5-16-6-3-9)18-13(20)10-4-7-17-12(19-15)11(10)14/h2-8H,15H2,1H3,(H,17,19)(H,18,20). The number of carbonyl (C=O) groups excluding carboxylic acids is 1. The third-order valence-electron chi connectivity index (χ3n) is 2.82. The van der Waals surface area contributed by atoms with E-state index in [0.29, 0.717) is 0 Å². The molecule has 2 rings (SSSR count). The normalized spacial score (nSPS) is 11.8. The fourth-order valence-corrected chi connectivity index (χ4v) is 1.73. The smallest absolute Gasteiger partial charge is 0.254 e. The maximum Gasteiger partial charge on any atom is 0.254 e.